The number of aromatic nitrogens is 1. The molecule has 4 nitrogen and oxygen atoms in total. The number of oxazole rings is 1. The van der Waals surface area contributed by atoms with Crippen LogP contribution < -0.4 is 10.5 Å². The van der Waals surface area contributed by atoms with Crippen LogP contribution in [0.1, 0.15) is 17.1 Å². The largest absolute Gasteiger partial charge is 0.496 e. The van der Waals surface area contributed by atoms with Crippen molar-refractivity contribution >= 4 is 0 Å². The molecule has 1 aromatic heterocycles. The minimum Gasteiger partial charge on any atom is -0.496 e. The van der Waals surface area contributed by atoms with Crippen LogP contribution in [0.2, 0.25) is 0 Å². The molecule has 1 heterocycles. The van der Waals surface area contributed by atoms with Crippen molar-refractivity contribution in [2.45, 2.75) is 20.3 Å². The second kappa shape index (κ2) is 5.23. The normalized spacial score (nSPS) is 10.7. The minimum atomic E-state index is 0.532. The molecule has 2 aromatic rings. The Hall–Kier alpha value is -1.81. The van der Waals surface area contributed by atoms with Crippen molar-refractivity contribution in [1.82, 2.24) is 4.98 Å². The topological polar surface area (TPSA) is 61.3 Å². The van der Waals surface area contributed by atoms with Crippen molar-refractivity contribution in [1.29, 1.82) is 0 Å². The Labute approximate surface area is 107 Å². The average Bonchev–Trinajstić information content (AvgIpc) is 2.70. The van der Waals surface area contributed by atoms with Crippen LogP contribution in [0.4, 0.5) is 0 Å². The van der Waals surface area contributed by atoms with E-state index in [0.717, 1.165) is 28.3 Å². The molecule has 0 fully saturated rings. The van der Waals surface area contributed by atoms with E-state index >= 15 is 0 Å². The Kier molecular flexibility index (Phi) is 3.67. The van der Waals surface area contributed by atoms with Crippen LogP contribution in [0, 0.1) is 13.8 Å². The Morgan fingerprint density at radius 2 is 2.11 bits per heavy atom. The van der Waals surface area contributed by atoms with Gasteiger partial charge in [-0.3, -0.25) is 0 Å². The maximum absolute atomic E-state index is 5.77. The van der Waals surface area contributed by atoms with Gasteiger partial charge in [0.05, 0.1) is 18.4 Å². The van der Waals surface area contributed by atoms with Gasteiger partial charge in [-0.05, 0) is 26.0 Å². The van der Waals surface area contributed by atoms with Crippen molar-refractivity contribution < 1.29 is 9.15 Å². The number of aryl methyl sites for hydroxylation is 2. The molecule has 0 spiro atoms. The standard InChI is InChI=1S/C14H18N2O2/c1-9-4-5-12(17-3)11(8-9)14-10(2)16-13(18-14)6-7-15/h4-5,8H,6-7,15H2,1-3H3. The number of methoxy groups -OCH3 is 1. The fraction of sp³-hybridized carbons (Fsp3) is 0.357. The molecule has 18 heavy (non-hydrogen) atoms. The van der Waals surface area contributed by atoms with E-state index in [9.17, 15) is 0 Å². The van der Waals surface area contributed by atoms with E-state index in [1.165, 1.54) is 0 Å². The van der Waals surface area contributed by atoms with Gasteiger partial charge in [-0.15, -0.1) is 0 Å². The zero-order valence-electron chi connectivity index (χ0n) is 11.0. The first kappa shape index (κ1) is 12.6. The molecule has 2 N–H and O–H groups in total. The lowest BCUT2D eigenvalue weighted by molar-refractivity contribution is 0.413. The summed E-state index contributed by atoms with van der Waals surface area (Å²) in [5.74, 6) is 2.23. The first-order valence-electron chi connectivity index (χ1n) is 5.97. The van der Waals surface area contributed by atoms with E-state index in [1.54, 1.807) is 7.11 Å². The average molecular weight is 246 g/mol. The molecule has 2 rings (SSSR count). The summed E-state index contributed by atoms with van der Waals surface area (Å²) in [6.07, 6.45) is 0.648. The van der Waals surface area contributed by atoms with Crippen LogP contribution in [0.3, 0.4) is 0 Å². The van der Waals surface area contributed by atoms with E-state index in [1.807, 2.05) is 32.0 Å². The van der Waals surface area contributed by atoms with E-state index < -0.39 is 0 Å². The summed E-state index contributed by atoms with van der Waals surface area (Å²) in [7, 11) is 1.65. The van der Waals surface area contributed by atoms with Gasteiger partial charge in [0.2, 0.25) is 0 Å². The molecule has 0 unspecified atom stereocenters. The molecule has 0 aliphatic rings. The second-order valence-corrected chi connectivity index (χ2v) is 4.26. The molecule has 0 amide bonds. The fourth-order valence-corrected chi connectivity index (χ4v) is 1.93. The number of benzene rings is 1. The summed E-state index contributed by atoms with van der Waals surface area (Å²) in [5, 5.41) is 0. The first-order valence-corrected chi connectivity index (χ1v) is 5.97. The highest BCUT2D eigenvalue weighted by Crippen LogP contribution is 2.33. The van der Waals surface area contributed by atoms with Crippen molar-refractivity contribution in [3.8, 4) is 17.1 Å². The quantitative estimate of drug-likeness (QED) is 0.900. The third-order valence-corrected chi connectivity index (χ3v) is 2.80. The summed E-state index contributed by atoms with van der Waals surface area (Å²) in [6, 6.07) is 5.99. The number of hydrogen-bond acceptors (Lipinski definition) is 4. The molecule has 0 bridgehead atoms. The molecular formula is C14H18N2O2. The Balaban J connectivity index is 2.50. The molecule has 0 aliphatic carbocycles. The van der Waals surface area contributed by atoms with Crippen LogP contribution in [0.15, 0.2) is 22.6 Å². The van der Waals surface area contributed by atoms with E-state index in [-0.39, 0.29) is 0 Å². The van der Waals surface area contributed by atoms with Gasteiger partial charge in [-0.1, -0.05) is 11.6 Å². The highest BCUT2D eigenvalue weighted by molar-refractivity contribution is 5.68. The van der Waals surface area contributed by atoms with Crippen molar-refractivity contribution in [3.63, 3.8) is 0 Å². The van der Waals surface area contributed by atoms with Crippen LogP contribution in [-0.2, 0) is 6.42 Å². The number of rotatable bonds is 4. The molecule has 0 atom stereocenters. The van der Waals surface area contributed by atoms with Gasteiger partial charge >= 0.3 is 0 Å². The number of hydrogen-bond donors (Lipinski definition) is 1. The van der Waals surface area contributed by atoms with Crippen LogP contribution in [0.25, 0.3) is 11.3 Å². The molecule has 0 saturated heterocycles. The van der Waals surface area contributed by atoms with Gasteiger partial charge in [0.1, 0.15) is 5.75 Å². The third-order valence-electron chi connectivity index (χ3n) is 2.80. The molecule has 4 heteroatoms. The van der Waals surface area contributed by atoms with Gasteiger partial charge in [-0.25, -0.2) is 4.98 Å². The van der Waals surface area contributed by atoms with Crippen molar-refractivity contribution in [3.05, 3.63) is 35.3 Å². The van der Waals surface area contributed by atoms with Gasteiger partial charge < -0.3 is 14.9 Å². The number of nitrogens with zero attached hydrogens (tertiary/aromatic N) is 1. The Bertz CT molecular complexity index is 547. The third kappa shape index (κ3) is 2.38. The van der Waals surface area contributed by atoms with Gasteiger partial charge in [0.15, 0.2) is 11.7 Å². The second-order valence-electron chi connectivity index (χ2n) is 4.26. The number of nitrogens with two attached hydrogens (primary N) is 1. The zero-order valence-corrected chi connectivity index (χ0v) is 11.0. The SMILES string of the molecule is COc1ccc(C)cc1-c1oc(CCN)nc1C. The molecule has 0 saturated carbocycles. The zero-order chi connectivity index (χ0) is 13.1. The summed E-state index contributed by atoms with van der Waals surface area (Å²) >= 11 is 0. The van der Waals surface area contributed by atoms with E-state index in [0.29, 0.717) is 18.9 Å². The predicted molar refractivity (Wildman–Crippen MR) is 70.7 cm³/mol. The van der Waals surface area contributed by atoms with Crippen LogP contribution >= 0.6 is 0 Å². The van der Waals surface area contributed by atoms with Crippen LogP contribution in [-0.4, -0.2) is 18.6 Å². The van der Waals surface area contributed by atoms with E-state index in [4.69, 9.17) is 14.9 Å². The van der Waals surface area contributed by atoms with Gasteiger partial charge in [0, 0.05) is 13.0 Å². The Morgan fingerprint density at radius 1 is 1.33 bits per heavy atom. The molecule has 1 aromatic carbocycles. The maximum atomic E-state index is 5.77. The van der Waals surface area contributed by atoms with E-state index in [2.05, 4.69) is 4.98 Å². The lowest BCUT2D eigenvalue weighted by Crippen LogP contribution is -2.02. The smallest absolute Gasteiger partial charge is 0.196 e. The van der Waals surface area contributed by atoms with Crippen molar-refractivity contribution in [2.75, 3.05) is 13.7 Å². The summed E-state index contributed by atoms with van der Waals surface area (Å²) in [5.41, 5.74) is 8.47. The number of ether oxygens (including phenoxy) is 1. The van der Waals surface area contributed by atoms with Gasteiger partial charge in [-0.2, -0.15) is 0 Å². The Morgan fingerprint density at radius 3 is 2.78 bits per heavy atom. The lowest BCUT2D eigenvalue weighted by Gasteiger charge is -2.07. The molecule has 0 aliphatic heterocycles. The summed E-state index contributed by atoms with van der Waals surface area (Å²) in [6.45, 7) is 4.50. The van der Waals surface area contributed by atoms with Crippen molar-refractivity contribution in [2.24, 2.45) is 5.73 Å². The molecule has 96 valence electrons. The lowest BCUT2D eigenvalue weighted by atomic mass is 10.1. The van der Waals surface area contributed by atoms with Crippen LogP contribution in [0.5, 0.6) is 5.75 Å². The summed E-state index contributed by atoms with van der Waals surface area (Å²) < 4.78 is 11.1. The predicted octanol–water partition coefficient (Wildman–Crippen LogP) is 2.47. The fourth-order valence-electron chi connectivity index (χ4n) is 1.93. The monoisotopic (exact) mass is 246 g/mol. The maximum Gasteiger partial charge on any atom is 0.196 e. The van der Waals surface area contributed by atoms with Gasteiger partial charge in [0.25, 0.3) is 0 Å². The minimum absolute atomic E-state index is 0.532. The first-order chi connectivity index (χ1) is 8.65. The highest BCUT2D eigenvalue weighted by atomic mass is 16.5. The molecular weight excluding hydrogens is 228 g/mol. The highest BCUT2D eigenvalue weighted by Gasteiger charge is 2.15. The summed E-state index contributed by atoms with van der Waals surface area (Å²) in [4.78, 5) is 4.38. The molecule has 0 radical (unpaired) electrons.